The highest BCUT2D eigenvalue weighted by Crippen LogP contribution is 2.41. The van der Waals surface area contributed by atoms with E-state index in [9.17, 15) is 71.2 Å². The zero-order valence-corrected chi connectivity index (χ0v) is 33.4. The number of carbonyl (C=O) groups is 1. The van der Waals surface area contributed by atoms with E-state index in [1.807, 2.05) is 0 Å². The van der Waals surface area contributed by atoms with Crippen LogP contribution >= 0.6 is 0 Å². The molecule has 0 amide bonds. The Hall–Kier alpha value is -5.15. The lowest BCUT2D eigenvalue weighted by Crippen LogP contribution is -2.64. The summed E-state index contributed by atoms with van der Waals surface area (Å²) in [5.74, 6) is -2.04. The number of aliphatic hydroxyl groups is 11. The number of benzene rings is 2. The van der Waals surface area contributed by atoms with Crippen LogP contribution in [0.2, 0.25) is 0 Å². The van der Waals surface area contributed by atoms with Crippen LogP contribution < -0.4 is 0 Å². The zero-order chi connectivity index (χ0) is 46.0. The molecular weight excluding hydrogens is 856 g/mol. The lowest BCUT2D eigenvalue weighted by atomic mass is 9.96. The van der Waals surface area contributed by atoms with Gasteiger partial charge in [0.25, 0.3) is 0 Å². The molecule has 4 heterocycles. The van der Waals surface area contributed by atoms with Crippen molar-refractivity contribution in [2.75, 3.05) is 19.8 Å². The normalized spacial score (nSPS) is 36.6. The molecule has 4 aliphatic heterocycles. The van der Waals surface area contributed by atoms with Crippen molar-refractivity contribution in [2.45, 2.75) is 98.2 Å². The topological polar surface area (TPSA) is 354 Å². The third-order valence-corrected chi connectivity index (χ3v) is 10.9. The molecule has 64 heavy (non-hydrogen) atoms. The third-order valence-electron chi connectivity index (χ3n) is 10.9. The van der Waals surface area contributed by atoms with Crippen molar-refractivity contribution in [3.05, 3.63) is 107 Å². The van der Waals surface area contributed by atoms with Gasteiger partial charge >= 0.3 is 5.97 Å². The van der Waals surface area contributed by atoms with Gasteiger partial charge in [-0.05, 0) is 54.1 Å². The van der Waals surface area contributed by atoms with Gasteiger partial charge in [-0.1, -0.05) is 12.1 Å². The highest BCUT2D eigenvalue weighted by molar-refractivity contribution is 5.87. The predicted octanol–water partition coefficient (Wildman–Crippen LogP) is -2.85. The number of aromatic hydroxyl groups is 2. The molecular formula is C42H48O22. The molecule has 2 aromatic rings. The smallest absolute Gasteiger partial charge is 0.330 e. The Kier molecular flexibility index (Phi) is 14.6. The van der Waals surface area contributed by atoms with Crippen molar-refractivity contribution < 1.29 is 109 Å². The van der Waals surface area contributed by atoms with Gasteiger partial charge in [0.05, 0.1) is 13.2 Å². The number of esters is 1. The monoisotopic (exact) mass is 904 g/mol. The van der Waals surface area contributed by atoms with Crippen LogP contribution in [0.4, 0.5) is 0 Å². The minimum Gasteiger partial charge on any atom is -0.508 e. The van der Waals surface area contributed by atoms with Crippen LogP contribution in [0.15, 0.2) is 95.7 Å². The lowest BCUT2D eigenvalue weighted by Gasteiger charge is -2.46. The second-order valence-corrected chi connectivity index (χ2v) is 15.3. The number of carbonyl (C=O) groups excluding carboxylic acids is 1. The van der Waals surface area contributed by atoms with E-state index in [0.29, 0.717) is 5.56 Å². The van der Waals surface area contributed by atoms with Crippen LogP contribution in [0.25, 0.3) is 11.8 Å². The molecule has 3 fully saturated rings. The summed E-state index contributed by atoms with van der Waals surface area (Å²) in [5, 5.41) is 136. The quantitative estimate of drug-likeness (QED) is 0.0711. The van der Waals surface area contributed by atoms with E-state index >= 15 is 0 Å². The Morgan fingerprint density at radius 3 is 1.81 bits per heavy atom. The SMILES string of the molecule is O=C(C=Cc1ccc(O)cc1)OC[C@H]1O[C@@H](OC2=C(c3ccc(O)cc3)O[C@@H]3C=C(O)C=C(O[C@@H]4O[C@H](CO)[C@@H](O)[C@H](O)[C@H]4O)C3=C2)[C@H](O[C@@H]2O[C@H](CO)[C@@H](O)[C@H](O)[C@H]2O)[C@@H](O)[C@@H]1O. The van der Waals surface area contributed by atoms with Gasteiger partial charge in [-0.3, -0.25) is 0 Å². The molecule has 22 heteroatoms. The molecule has 13 N–H and O–H groups in total. The number of hydrogen-bond acceptors (Lipinski definition) is 22. The van der Waals surface area contributed by atoms with Crippen LogP contribution in [0.5, 0.6) is 11.5 Å². The molecule has 5 aliphatic rings. The van der Waals surface area contributed by atoms with Crippen LogP contribution in [0.1, 0.15) is 11.1 Å². The molecule has 0 radical (unpaired) electrons. The summed E-state index contributed by atoms with van der Waals surface area (Å²) in [5.41, 5.74) is 0.835. The number of aliphatic hydroxyl groups excluding tert-OH is 11. The zero-order valence-electron chi connectivity index (χ0n) is 33.4. The first-order valence-electron chi connectivity index (χ1n) is 19.9. The van der Waals surface area contributed by atoms with E-state index in [2.05, 4.69) is 0 Å². The van der Waals surface area contributed by atoms with Gasteiger partial charge in [-0.25, -0.2) is 4.79 Å². The molecule has 0 spiro atoms. The van der Waals surface area contributed by atoms with Crippen molar-refractivity contribution in [3.63, 3.8) is 0 Å². The third kappa shape index (κ3) is 10.0. The van der Waals surface area contributed by atoms with Crippen molar-refractivity contribution in [2.24, 2.45) is 0 Å². The maximum Gasteiger partial charge on any atom is 0.330 e. The maximum absolute atomic E-state index is 12.8. The molecule has 348 valence electrons. The molecule has 0 aromatic heterocycles. The first-order valence-corrected chi connectivity index (χ1v) is 19.9. The van der Waals surface area contributed by atoms with Gasteiger partial charge in [0, 0.05) is 29.4 Å². The fraction of sp³-hybridized carbons (Fsp3) is 0.452. The van der Waals surface area contributed by atoms with Crippen molar-refractivity contribution in [3.8, 4) is 11.5 Å². The fourth-order valence-corrected chi connectivity index (χ4v) is 7.30. The largest absolute Gasteiger partial charge is 0.508 e. The molecule has 3 saturated heterocycles. The van der Waals surface area contributed by atoms with Gasteiger partial charge in [-0.2, -0.15) is 0 Å². The number of phenols is 2. The van der Waals surface area contributed by atoms with Crippen molar-refractivity contribution in [1.29, 1.82) is 0 Å². The first kappa shape index (κ1) is 46.8. The van der Waals surface area contributed by atoms with Gasteiger partial charge in [0.15, 0.2) is 23.9 Å². The lowest BCUT2D eigenvalue weighted by molar-refractivity contribution is -0.363. The summed E-state index contributed by atoms with van der Waals surface area (Å²) in [7, 11) is 0. The van der Waals surface area contributed by atoms with E-state index in [-0.39, 0.29) is 39.9 Å². The fourth-order valence-electron chi connectivity index (χ4n) is 7.30. The molecule has 1 aliphatic carbocycles. The van der Waals surface area contributed by atoms with Crippen LogP contribution in [-0.4, -0.2) is 190 Å². The highest BCUT2D eigenvalue weighted by atomic mass is 16.8. The van der Waals surface area contributed by atoms with E-state index in [4.69, 9.17) is 37.9 Å². The Morgan fingerprint density at radius 1 is 0.625 bits per heavy atom. The van der Waals surface area contributed by atoms with Gasteiger partial charge in [0.1, 0.15) is 103 Å². The van der Waals surface area contributed by atoms with Crippen molar-refractivity contribution in [1.82, 2.24) is 0 Å². The summed E-state index contributed by atoms with van der Waals surface area (Å²) in [6, 6.07) is 11.3. The molecule has 2 aromatic carbocycles. The number of rotatable bonds is 13. The number of phenolic OH excluding ortho intramolecular Hbond substituents is 2. The summed E-state index contributed by atoms with van der Waals surface area (Å²) in [6.07, 6.45) is -21.9. The molecule has 0 bridgehead atoms. The number of allylic oxidation sites excluding steroid dienone is 2. The van der Waals surface area contributed by atoms with Crippen LogP contribution in [-0.2, 0) is 42.7 Å². The molecule has 7 rings (SSSR count). The highest BCUT2D eigenvalue weighted by Gasteiger charge is 2.52. The Balaban J connectivity index is 1.23. The predicted molar refractivity (Wildman–Crippen MR) is 210 cm³/mol. The second-order valence-electron chi connectivity index (χ2n) is 15.3. The van der Waals surface area contributed by atoms with Crippen molar-refractivity contribution >= 4 is 17.8 Å². The Morgan fingerprint density at radius 2 is 1.19 bits per heavy atom. The van der Waals surface area contributed by atoms with Gasteiger partial charge in [0.2, 0.25) is 12.6 Å². The second kappa shape index (κ2) is 19.9. The van der Waals surface area contributed by atoms with Crippen LogP contribution in [0, 0.1) is 0 Å². The molecule has 22 nitrogen and oxygen atoms in total. The maximum atomic E-state index is 12.8. The minimum atomic E-state index is -2.02. The van der Waals surface area contributed by atoms with E-state index < -0.39 is 130 Å². The molecule has 0 saturated carbocycles. The Bertz CT molecular complexity index is 2100. The average Bonchev–Trinajstić information content (AvgIpc) is 3.28. The number of fused-ring (bicyclic) bond motifs is 1. The minimum absolute atomic E-state index is 0.00210. The Labute approximate surface area is 362 Å². The average molecular weight is 905 g/mol. The number of hydrogen-bond donors (Lipinski definition) is 13. The standard InChI is InChI=1S/C42H48O22/c43-14-26-30(49)33(52)36(55)40(61-26)59-24-12-21(47)11-23-22(24)13-25(38(58-23)18-4-8-20(46)9-5-18)60-42-39(64-41-37(56)34(53)31(50)27(15-44)62-41)35(54)32(51)28(63-42)16-57-29(48)10-3-17-1-6-19(45)7-2-17/h1-13,23,26-28,30-37,39-47,49-56H,14-16H2/t23-,26-,27-,28-,30-,31-,32-,33+,34+,35+,36-,37-,39-,40-,41+,42-/m1/s1. The van der Waals surface area contributed by atoms with Gasteiger partial charge < -0.3 is 104 Å². The van der Waals surface area contributed by atoms with Gasteiger partial charge in [-0.15, -0.1) is 0 Å². The van der Waals surface area contributed by atoms with Crippen LogP contribution in [0.3, 0.4) is 0 Å². The molecule has 0 unspecified atom stereocenters. The summed E-state index contributed by atoms with van der Waals surface area (Å²) >= 11 is 0. The molecule has 16 atom stereocenters. The van der Waals surface area contributed by atoms with E-state index in [0.717, 1.165) is 12.2 Å². The summed E-state index contributed by atoms with van der Waals surface area (Å²) in [6.45, 7) is -2.31. The van der Waals surface area contributed by atoms with E-state index in [1.165, 1.54) is 66.8 Å². The number of ether oxygens (including phenoxy) is 8. The summed E-state index contributed by atoms with van der Waals surface area (Å²) in [4.78, 5) is 12.8. The summed E-state index contributed by atoms with van der Waals surface area (Å²) < 4.78 is 46.9. The first-order chi connectivity index (χ1) is 30.6. The van der Waals surface area contributed by atoms with E-state index in [1.54, 1.807) is 0 Å².